The second-order valence-corrected chi connectivity index (χ2v) is 4.60. The molecule has 2 rings (SSSR count). The van der Waals surface area contributed by atoms with Gasteiger partial charge in [-0.15, -0.1) is 0 Å². The van der Waals surface area contributed by atoms with E-state index in [1.165, 1.54) is 10.9 Å². The van der Waals surface area contributed by atoms with E-state index in [1.807, 2.05) is 20.0 Å². The van der Waals surface area contributed by atoms with Crippen molar-refractivity contribution in [1.82, 2.24) is 10.3 Å². The van der Waals surface area contributed by atoms with Gasteiger partial charge in [0.1, 0.15) is 0 Å². The van der Waals surface area contributed by atoms with Crippen molar-refractivity contribution in [3.63, 3.8) is 0 Å². The topological polar surface area (TPSA) is 44.9 Å². The number of carbonyl (C=O) groups is 1. The molecule has 0 saturated carbocycles. The van der Waals surface area contributed by atoms with Crippen LogP contribution < -0.4 is 5.32 Å². The van der Waals surface area contributed by atoms with Gasteiger partial charge in [-0.1, -0.05) is 26.0 Å². The van der Waals surface area contributed by atoms with Crippen LogP contribution >= 0.6 is 0 Å². The van der Waals surface area contributed by atoms with Crippen LogP contribution in [-0.4, -0.2) is 17.4 Å². The van der Waals surface area contributed by atoms with E-state index in [0.29, 0.717) is 6.54 Å². The molecule has 1 aromatic heterocycles. The van der Waals surface area contributed by atoms with Crippen molar-refractivity contribution in [3.8, 4) is 0 Å². The number of aromatic nitrogens is 1. The molecule has 1 heterocycles. The van der Waals surface area contributed by atoms with Gasteiger partial charge in [0.2, 0.25) is 5.91 Å². The standard InChI is InChI=1S/C14H18N2O/c1-10(2)14(17)16-7-5-11-3-4-12-6-8-15-13(12)9-11/h3-4,6,8-10,15H,5,7H2,1-2H3,(H,16,17). The predicted molar refractivity (Wildman–Crippen MR) is 69.9 cm³/mol. The number of rotatable bonds is 4. The summed E-state index contributed by atoms with van der Waals surface area (Å²) in [5.74, 6) is 0.173. The molecule has 0 unspecified atom stereocenters. The molecule has 0 aliphatic heterocycles. The van der Waals surface area contributed by atoms with Crippen molar-refractivity contribution >= 4 is 16.8 Å². The minimum Gasteiger partial charge on any atom is -0.361 e. The first-order valence-electron chi connectivity index (χ1n) is 6.00. The van der Waals surface area contributed by atoms with Crippen molar-refractivity contribution < 1.29 is 4.79 Å². The van der Waals surface area contributed by atoms with Gasteiger partial charge in [0, 0.05) is 24.2 Å². The average molecular weight is 230 g/mol. The number of aromatic amines is 1. The molecule has 1 aromatic carbocycles. The molecule has 0 saturated heterocycles. The molecule has 17 heavy (non-hydrogen) atoms. The van der Waals surface area contributed by atoms with Gasteiger partial charge in [0.05, 0.1) is 0 Å². The van der Waals surface area contributed by atoms with E-state index in [9.17, 15) is 4.79 Å². The molecular formula is C14H18N2O. The van der Waals surface area contributed by atoms with Crippen LogP contribution in [0, 0.1) is 5.92 Å². The highest BCUT2D eigenvalue weighted by Gasteiger charge is 2.05. The molecular weight excluding hydrogens is 212 g/mol. The summed E-state index contributed by atoms with van der Waals surface area (Å²) < 4.78 is 0. The lowest BCUT2D eigenvalue weighted by atomic mass is 10.1. The molecule has 2 N–H and O–H groups in total. The first kappa shape index (κ1) is 11.7. The van der Waals surface area contributed by atoms with Crippen LogP contribution in [-0.2, 0) is 11.2 Å². The molecule has 0 aliphatic rings. The smallest absolute Gasteiger partial charge is 0.222 e. The number of fused-ring (bicyclic) bond motifs is 1. The maximum atomic E-state index is 11.4. The minimum absolute atomic E-state index is 0.0564. The lowest BCUT2D eigenvalue weighted by molar-refractivity contribution is -0.123. The van der Waals surface area contributed by atoms with Gasteiger partial charge in [0.15, 0.2) is 0 Å². The molecule has 90 valence electrons. The summed E-state index contributed by atoms with van der Waals surface area (Å²) in [6, 6.07) is 8.40. The molecule has 3 nitrogen and oxygen atoms in total. The van der Waals surface area contributed by atoms with Crippen molar-refractivity contribution in [2.24, 2.45) is 5.92 Å². The van der Waals surface area contributed by atoms with Crippen LogP contribution in [0.15, 0.2) is 30.5 Å². The summed E-state index contributed by atoms with van der Waals surface area (Å²) in [5.41, 5.74) is 2.39. The molecule has 1 amide bonds. The van der Waals surface area contributed by atoms with Gasteiger partial charge in [0.25, 0.3) is 0 Å². The monoisotopic (exact) mass is 230 g/mol. The summed E-state index contributed by atoms with van der Waals surface area (Å²) in [7, 11) is 0. The van der Waals surface area contributed by atoms with Crippen LogP contribution in [0.4, 0.5) is 0 Å². The fourth-order valence-electron chi connectivity index (χ4n) is 1.78. The summed E-state index contributed by atoms with van der Waals surface area (Å²) in [5, 5.41) is 4.15. The SMILES string of the molecule is CC(C)C(=O)NCCc1ccc2cc[nH]c2c1. The molecule has 0 aliphatic carbocycles. The van der Waals surface area contributed by atoms with Gasteiger partial charge in [-0.05, 0) is 29.5 Å². The Morgan fingerprint density at radius 1 is 1.35 bits per heavy atom. The van der Waals surface area contributed by atoms with E-state index < -0.39 is 0 Å². The number of amides is 1. The minimum atomic E-state index is 0.0564. The Bertz CT molecular complexity index is 514. The van der Waals surface area contributed by atoms with Crippen LogP contribution in [0.1, 0.15) is 19.4 Å². The number of hydrogen-bond donors (Lipinski definition) is 2. The van der Waals surface area contributed by atoms with Crippen molar-refractivity contribution in [3.05, 3.63) is 36.0 Å². The van der Waals surface area contributed by atoms with Crippen LogP contribution in [0.5, 0.6) is 0 Å². The Kier molecular flexibility index (Phi) is 3.47. The average Bonchev–Trinajstić information content (AvgIpc) is 2.75. The largest absolute Gasteiger partial charge is 0.361 e. The van der Waals surface area contributed by atoms with E-state index in [2.05, 4.69) is 34.6 Å². The van der Waals surface area contributed by atoms with Crippen molar-refractivity contribution in [2.75, 3.05) is 6.54 Å². The van der Waals surface area contributed by atoms with Crippen LogP contribution in [0.3, 0.4) is 0 Å². The van der Waals surface area contributed by atoms with Crippen LogP contribution in [0.25, 0.3) is 10.9 Å². The normalized spacial score (nSPS) is 11.0. The number of carbonyl (C=O) groups excluding carboxylic acids is 1. The highest BCUT2D eigenvalue weighted by Crippen LogP contribution is 2.14. The third-order valence-corrected chi connectivity index (χ3v) is 2.86. The van der Waals surface area contributed by atoms with E-state index in [4.69, 9.17) is 0 Å². The molecule has 0 spiro atoms. The van der Waals surface area contributed by atoms with Crippen LogP contribution in [0.2, 0.25) is 0 Å². The van der Waals surface area contributed by atoms with Gasteiger partial charge in [-0.2, -0.15) is 0 Å². The number of hydrogen-bond acceptors (Lipinski definition) is 1. The molecule has 2 aromatic rings. The Morgan fingerprint density at radius 3 is 2.94 bits per heavy atom. The fraction of sp³-hybridized carbons (Fsp3) is 0.357. The number of H-pyrrole nitrogens is 1. The zero-order chi connectivity index (χ0) is 12.3. The molecule has 0 bridgehead atoms. The third kappa shape index (κ3) is 2.87. The quantitative estimate of drug-likeness (QED) is 0.832. The Hall–Kier alpha value is -1.77. The van der Waals surface area contributed by atoms with Gasteiger partial charge in [-0.3, -0.25) is 4.79 Å². The second-order valence-electron chi connectivity index (χ2n) is 4.60. The number of nitrogens with one attached hydrogen (secondary N) is 2. The molecule has 0 fully saturated rings. The summed E-state index contributed by atoms with van der Waals surface area (Å²) in [6.07, 6.45) is 2.81. The molecule has 0 radical (unpaired) electrons. The zero-order valence-electron chi connectivity index (χ0n) is 10.3. The first-order valence-corrected chi connectivity index (χ1v) is 6.00. The maximum Gasteiger partial charge on any atom is 0.222 e. The van der Waals surface area contributed by atoms with Gasteiger partial charge < -0.3 is 10.3 Å². The molecule has 0 atom stereocenters. The van der Waals surface area contributed by atoms with E-state index in [1.54, 1.807) is 0 Å². The lowest BCUT2D eigenvalue weighted by Crippen LogP contribution is -2.29. The maximum absolute atomic E-state index is 11.4. The van der Waals surface area contributed by atoms with Crippen molar-refractivity contribution in [2.45, 2.75) is 20.3 Å². The van der Waals surface area contributed by atoms with Gasteiger partial charge >= 0.3 is 0 Å². The lowest BCUT2D eigenvalue weighted by Gasteiger charge is -2.07. The summed E-state index contributed by atoms with van der Waals surface area (Å²) in [6.45, 7) is 4.50. The highest BCUT2D eigenvalue weighted by molar-refractivity contribution is 5.80. The third-order valence-electron chi connectivity index (χ3n) is 2.86. The van der Waals surface area contributed by atoms with Crippen molar-refractivity contribution in [1.29, 1.82) is 0 Å². The Balaban J connectivity index is 1.92. The summed E-state index contributed by atoms with van der Waals surface area (Å²) in [4.78, 5) is 14.6. The Morgan fingerprint density at radius 2 is 2.18 bits per heavy atom. The Labute approximate surface area is 101 Å². The van der Waals surface area contributed by atoms with E-state index >= 15 is 0 Å². The van der Waals surface area contributed by atoms with Gasteiger partial charge in [-0.25, -0.2) is 0 Å². The first-order chi connectivity index (χ1) is 8.16. The predicted octanol–water partition coefficient (Wildman–Crippen LogP) is 2.48. The second kappa shape index (κ2) is 5.04. The van der Waals surface area contributed by atoms with E-state index in [-0.39, 0.29) is 11.8 Å². The molecule has 3 heteroatoms. The van der Waals surface area contributed by atoms with E-state index in [0.717, 1.165) is 11.9 Å². The summed E-state index contributed by atoms with van der Waals surface area (Å²) >= 11 is 0. The fourth-order valence-corrected chi connectivity index (χ4v) is 1.78. The number of benzene rings is 1. The highest BCUT2D eigenvalue weighted by atomic mass is 16.1. The zero-order valence-corrected chi connectivity index (χ0v) is 10.3.